The molecule has 2 heterocycles. The molecule has 1 aliphatic carbocycles. The zero-order valence-electron chi connectivity index (χ0n) is 16.0. The van der Waals surface area contributed by atoms with Gasteiger partial charge < -0.3 is 29.5 Å². The van der Waals surface area contributed by atoms with Crippen molar-refractivity contribution in [3.63, 3.8) is 0 Å². The second kappa shape index (κ2) is 6.15. The van der Waals surface area contributed by atoms with E-state index in [2.05, 4.69) is 26.5 Å². The fraction of sp³-hybridized carbons (Fsp3) is 0.600. The minimum absolute atomic E-state index is 0.00323. The van der Waals surface area contributed by atoms with Gasteiger partial charge in [-0.05, 0) is 37.3 Å². The van der Waals surface area contributed by atoms with Crippen LogP contribution in [0.2, 0.25) is 0 Å². The van der Waals surface area contributed by atoms with E-state index in [0.717, 1.165) is 16.7 Å². The zero-order chi connectivity index (χ0) is 19.4. The Labute approximate surface area is 154 Å². The Balaban J connectivity index is 1.90. The molecule has 1 saturated heterocycles. The molecule has 6 heteroatoms. The Morgan fingerprint density at radius 1 is 1.27 bits per heavy atom. The average molecular weight is 364 g/mol. The van der Waals surface area contributed by atoms with Gasteiger partial charge in [0.15, 0.2) is 29.2 Å². The van der Waals surface area contributed by atoms with Gasteiger partial charge in [0.1, 0.15) is 12.2 Å². The predicted octanol–water partition coefficient (Wildman–Crippen LogP) is 3.41. The van der Waals surface area contributed by atoms with Crippen LogP contribution in [0, 0.1) is 5.41 Å². The predicted molar refractivity (Wildman–Crippen MR) is 96.4 cm³/mol. The van der Waals surface area contributed by atoms with Crippen LogP contribution < -0.4 is 0 Å². The lowest BCUT2D eigenvalue weighted by molar-refractivity contribution is -0.242. The number of ether oxygens (including phenoxy) is 3. The molecule has 0 aromatic carbocycles. The third kappa shape index (κ3) is 2.86. The maximum absolute atomic E-state index is 11.0. The fourth-order valence-corrected chi connectivity index (χ4v) is 4.14. The van der Waals surface area contributed by atoms with Crippen molar-refractivity contribution in [2.24, 2.45) is 5.41 Å². The van der Waals surface area contributed by atoms with Crippen LogP contribution in [0.5, 0.6) is 0 Å². The highest BCUT2D eigenvalue weighted by atomic mass is 16.8. The summed E-state index contributed by atoms with van der Waals surface area (Å²) in [6.45, 7) is 13.8. The Hall–Kier alpha value is -1.76. The third-order valence-electron chi connectivity index (χ3n) is 5.33. The van der Waals surface area contributed by atoms with E-state index in [1.807, 2.05) is 20.8 Å². The lowest BCUT2D eigenvalue weighted by Gasteiger charge is -2.46. The van der Waals surface area contributed by atoms with Gasteiger partial charge >= 0.3 is 0 Å². The molecule has 0 aromatic rings. The molecule has 1 fully saturated rings. The number of hydrogen-bond donors (Lipinski definition) is 3. The van der Waals surface area contributed by atoms with Crippen LogP contribution >= 0.6 is 0 Å². The molecule has 0 aromatic heterocycles. The molecule has 0 bridgehead atoms. The molecule has 144 valence electrons. The highest BCUT2D eigenvalue weighted by molar-refractivity contribution is 5.39. The molecule has 26 heavy (non-hydrogen) atoms. The van der Waals surface area contributed by atoms with Gasteiger partial charge in [-0.3, -0.25) is 0 Å². The molecule has 3 N–H and O–H groups in total. The maximum atomic E-state index is 11.0. The van der Waals surface area contributed by atoms with Crippen molar-refractivity contribution in [3.05, 3.63) is 46.7 Å². The van der Waals surface area contributed by atoms with E-state index in [1.54, 1.807) is 0 Å². The van der Waals surface area contributed by atoms with Gasteiger partial charge in [-0.1, -0.05) is 32.1 Å². The summed E-state index contributed by atoms with van der Waals surface area (Å²) in [5.41, 5.74) is 2.78. The topological polar surface area (TPSA) is 88.4 Å². The largest absolute Gasteiger partial charge is 0.505 e. The minimum Gasteiger partial charge on any atom is -0.505 e. The summed E-state index contributed by atoms with van der Waals surface area (Å²) in [6.07, 6.45) is 0.0722. The highest BCUT2D eigenvalue weighted by Crippen LogP contribution is 2.51. The molecule has 3 rings (SSSR count). The van der Waals surface area contributed by atoms with E-state index < -0.39 is 24.1 Å². The minimum atomic E-state index is -1.21. The van der Waals surface area contributed by atoms with Crippen molar-refractivity contribution >= 4 is 0 Å². The van der Waals surface area contributed by atoms with Crippen LogP contribution in [0.25, 0.3) is 0 Å². The third-order valence-corrected chi connectivity index (χ3v) is 5.33. The molecule has 1 spiro atoms. The Morgan fingerprint density at radius 3 is 2.46 bits per heavy atom. The SMILES string of the molecule is C=C1O[C@H](C2COC3(CC(C)(C)C(C=C(C)C)=C(C)C3O)O2)C(O)=C1O. The Bertz CT molecular complexity index is 725. The number of rotatable bonds is 2. The molecule has 4 atom stereocenters. The van der Waals surface area contributed by atoms with Gasteiger partial charge in [0.25, 0.3) is 0 Å². The van der Waals surface area contributed by atoms with Crippen molar-refractivity contribution in [1.29, 1.82) is 0 Å². The van der Waals surface area contributed by atoms with Gasteiger partial charge in [-0.25, -0.2) is 0 Å². The quantitative estimate of drug-likeness (QED) is 0.696. The lowest BCUT2D eigenvalue weighted by Crippen LogP contribution is -2.52. The second-order valence-electron chi connectivity index (χ2n) is 8.26. The van der Waals surface area contributed by atoms with Crippen LogP contribution in [0.15, 0.2) is 46.7 Å². The Morgan fingerprint density at radius 2 is 1.92 bits per heavy atom. The van der Waals surface area contributed by atoms with E-state index in [-0.39, 0.29) is 29.3 Å². The van der Waals surface area contributed by atoms with Crippen LogP contribution in [-0.2, 0) is 14.2 Å². The van der Waals surface area contributed by atoms with E-state index in [9.17, 15) is 15.3 Å². The van der Waals surface area contributed by atoms with Crippen molar-refractivity contribution in [3.8, 4) is 0 Å². The number of hydrogen-bond acceptors (Lipinski definition) is 6. The van der Waals surface area contributed by atoms with Crippen molar-refractivity contribution in [2.75, 3.05) is 6.61 Å². The summed E-state index contributed by atoms with van der Waals surface area (Å²) < 4.78 is 17.5. The summed E-state index contributed by atoms with van der Waals surface area (Å²) in [5.74, 6) is -1.89. The van der Waals surface area contributed by atoms with Crippen LogP contribution in [0.4, 0.5) is 0 Å². The van der Waals surface area contributed by atoms with Crippen LogP contribution in [0.3, 0.4) is 0 Å². The first-order chi connectivity index (χ1) is 12.0. The summed E-state index contributed by atoms with van der Waals surface area (Å²) >= 11 is 0. The summed E-state index contributed by atoms with van der Waals surface area (Å²) in [7, 11) is 0. The molecule has 2 aliphatic heterocycles. The average Bonchev–Trinajstić information content (AvgIpc) is 3.07. The van der Waals surface area contributed by atoms with Gasteiger partial charge in [0.2, 0.25) is 0 Å². The monoisotopic (exact) mass is 364 g/mol. The normalized spacial score (nSPS) is 36.7. The molecule has 0 saturated carbocycles. The van der Waals surface area contributed by atoms with Crippen molar-refractivity contribution < 1.29 is 29.5 Å². The Kier molecular flexibility index (Phi) is 4.50. The maximum Gasteiger partial charge on any atom is 0.199 e. The van der Waals surface area contributed by atoms with Gasteiger partial charge in [0.05, 0.1) is 6.61 Å². The van der Waals surface area contributed by atoms with Gasteiger partial charge in [-0.2, -0.15) is 0 Å². The zero-order valence-corrected chi connectivity index (χ0v) is 16.0. The smallest absolute Gasteiger partial charge is 0.199 e. The fourth-order valence-electron chi connectivity index (χ4n) is 4.14. The second-order valence-corrected chi connectivity index (χ2v) is 8.26. The number of aliphatic hydroxyl groups is 3. The van der Waals surface area contributed by atoms with Crippen molar-refractivity contribution in [1.82, 2.24) is 0 Å². The molecule has 6 nitrogen and oxygen atoms in total. The molecular formula is C20H28O6. The van der Waals surface area contributed by atoms with E-state index >= 15 is 0 Å². The summed E-state index contributed by atoms with van der Waals surface area (Å²) in [6, 6.07) is 0. The van der Waals surface area contributed by atoms with Crippen molar-refractivity contribution in [2.45, 2.75) is 65.1 Å². The van der Waals surface area contributed by atoms with Crippen LogP contribution in [0.1, 0.15) is 41.0 Å². The number of allylic oxidation sites excluding steroid dienone is 3. The summed E-state index contributed by atoms with van der Waals surface area (Å²) in [4.78, 5) is 0. The molecular weight excluding hydrogens is 336 g/mol. The van der Waals surface area contributed by atoms with E-state index in [1.165, 1.54) is 0 Å². The lowest BCUT2D eigenvalue weighted by atomic mass is 9.68. The molecule has 3 aliphatic rings. The van der Waals surface area contributed by atoms with Crippen LogP contribution in [-0.4, -0.2) is 46.0 Å². The van der Waals surface area contributed by atoms with E-state index in [4.69, 9.17) is 14.2 Å². The first kappa shape index (κ1) is 19.0. The number of aliphatic hydroxyl groups excluding tert-OH is 3. The highest BCUT2D eigenvalue weighted by Gasteiger charge is 2.57. The molecule has 0 radical (unpaired) electrons. The molecule has 3 unspecified atom stereocenters. The first-order valence-electron chi connectivity index (χ1n) is 8.82. The summed E-state index contributed by atoms with van der Waals surface area (Å²) in [5, 5.41) is 30.8. The van der Waals surface area contributed by atoms with E-state index in [0.29, 0.717) is 6.42 Å². The first-order valence-corrected chi connectivity index (χ1v) is 8.82. The standard InChI is InChI=1S/C20H28O6/c1-10(2)7-13-11(3)18(23)20(9-19(13,5)6)24-8-14(26-20)17-16(22)15(21)12(4)25-17/h7,14,17-18,21-23H,4,8-9H2,1-3,5-6H3/t14?,17-,18?,20?/m1/s1. The van der Waals surface area contributed by atoms with Gasteiger partial charge in [-0.15, -0.1) is 0 Å². The molecule has 0 amide bonds. The van der Waals surface area contributed by atoms with Gasteiger partial charge in [0, 0.05) is 6.42 Å².